The molecule has 0 spiro atoms. The lowest BCUT2D eigenvalue weighted by molar-refractivity contribution is -0.369. The van der Waals surface area contributed by atoms with Gasteiger partial charge in [0.05, 0.1) is 0 Å². The predicted molar refractivity (Wildman–Crippen MR) is 69.3 cm³/mol. The van der Waals surface area contributed by atoms with Gasteiger partial charge in [-0.15, -0.1) is 0 Å². The van der Waals surface area contributed by atoms with E-state index in [9.17, 15) is 79.0 Å². The lowest BCUT2D eigenvalue weighted by Gasteiger charge is -2.41. The molecule has 2 unspecified atom stereocenters. The summed E-state index contributed by atoms with van der Waals surface area (Å²) >= 11 is 0. The molecule has 31 heavy (non-hydrogen) atoms. The van der Waals surface area contributed by atoms with E-state index in [4.69, 9.17) is 0 Å². The molecule has 0 rings (SSSR count). The fourth-order valence-electron chi connectivity index (χ4n) is 1.88. The van der Waals surface area contributed by atoms with E-state index < -0.39 is 82.3 Å². The van der Waals surface area contributed by atoms with E-state index in [1.54, 1.807) is 0 Å². The molecular formula is C12H10F18Si. The maximum absolute atomic E-state index is 13.4. The number of rotatable bonds is 10. The molecule has 0 N–H and O–H groups in total. The van der Waals surface area contributed by atoms with Crippen LogP contribution in [0.1, 0.15) is 13.8 Å². The summed E-state index contributed by atoms with van der Waals surface area (Å²) in [4.78, 5) is 0. The highest BCUT2D eigenvalue weighted by Crippen LogP contribution is 2.58. The Bertz CT molecular complexity index is 581. The van der Waals surface area contributed by atoms with Gasteiger partial charge in [-0.2, -0.15) is 52.7 Å². The molecule has 0 aliphatic carbocycles. The minimum Gasteiger partial charge on any atom is -0.241 e. The van der Waals surface area contributed by atoms with E-state index in [0.717, 1.165) is 0 Å². The molecule has 0 aliphatic rings. The van der Waals surface area contributed by atoms with Gasteiger partial charge in [0.15, 0.2) is 12.3 Å². The summed E-state index contributed by atoms with van der Waals surface area (Å²) in [5, 5.41) is 0. The predicted octanol–water partition coefficient (Wildman–Crippen LogP) is 5.87. The first-order chi connectivity index (χ1) is 13.1. The first-order valence-corrected chi connectivity index (χ1v) is 8.81. The normalized spacial score (nSPS) is 18.6. The van der Waals surface area contributed by atoms with Gasteiger partial charge in [0.2, 0.25) is 9.52 Å². The minimum absolute atomic E-state index is 0.552. The molecule has 19 heteroatoms. The van der Waals surface area contributed by atoms with Crippen LogP contribution in [-0.4, -0.2) is 68.5 Å². The zero-order chi connectivity index (χ0) is 25.9. The van der Waals surface area contributed by atoms with Crippen LogP contribution in [0.15, 0.2) is 0 Å². The third kappa shape index (κ3) is 4.18. The maximum atomic E-state index is 13.4. The standard InChI is InChI=1S/C12H10F18Si/c1-3(13)5(15,16)7(19,20)9(23,24)11(27,28)31-12(29,30)10(25,26)8(21,22)6(17,18)4(2)14/h3-4H,31H2,1-2H3. The Morgan fingerprint density at radius 1 is 0.419 bits per heavy atom. The molecule has 0 aliphatic heterocycles. The van der Waals surface area contributed by atoms with Crippen molar-refractivity contribution in [1.29, 1.82) is 0 Å². The highest BCUT2D eigenvalue weighted by atomic mass is 28.2. The lowest BCUT2D eigenvalue weighted by atomic mass is 10.0. The molecule has 0 aromatic rings. The highest BCUT2D eigenvalue weighted by molar-refractivity contribution is 6.43. The molecule has 2 atom stereocenters. The average Bonchev–Trinajstić information content (AvgIpc) is 2.52. The van der Waals surface area contributed by atoms with Gasteiger partial charge in [0.1, 0.15) is 0 Å². The van der Waals surface area contributed by atoms with Crippen LogP contribution in [0.4, 0.5) is 79.0 Å². The maximum Gasteiger partial charge on any atom is 0.380 e. The molecule has 0 saturated heterocycles. The van der Waals surface area contributed by atoms with Crippen molar-refractivity contribution >= 4 is 9.52 Å². The van der Waals surface area contributed by atoms with Crippen molar-refractivity contribution in [3.63, 3.8) is 0 Å². The van der Waals surface area contributed by atoms with Crippen molar-refractivity contribution in [3.8, 4) is 0 Å². The first-order valence-electron chi connectivity index (χ1n) is 7.40. The molecule has 0 nitrogen and oxygen atoms in total. The Labute approximate surface area is 162 Å². The molecule has 0 fully saturated rings. The van der Waals surface area contributed by atoms with Crippen LogP contribution in [0.25, 0.3) is 0 Å². The Hall–Kier alpha value is -1.04. The van der Waals surface area contributed by atoms with E-state index in [-0.39, 0.29) is 0 Å². The Kier molecular flexibility index (Phi) is 7.51. The van der Waals surface area contributed by atoms with Gasteiger partial charge in [-0.1, -0.05) is 0 Å². The summed E-state index contributed by atoms with van der Waals surface area (Å²) in [6, 6.07) is 0. The second kappa shape index (κ2) is 7.77. The van der Waals surface area contributed by atoms with Crippen LogP contribution in [0.2, 0.25) is 0 Å². The largest absolute Gasteiger partial charge is 0.380 e. The third-order valence-electron chi connectivity index (χ3n) is 3.99. The van der Waals surface area contributed by atoms with E-state index in [0.29, 0.717) is 0 Å². The highest BCUT2D eigenvalue weighted by Gasteiger charge is 2.87. The summed E-state index contributed by atoms with van der Waals surface area (Å²) in [5.41, 5.74) is -14.6. The molecule has 0 saturated carbocycles. The number of halogens is 18. The van der Waals surface area contributed by atoms with Gasteiger partial charge in [-0.25, -0.2) is 26.3 Å². The van der Waals surface area contributed by atoms with Gasteiger partial charge in [-0.3, -0.25) is 0 Å². The fourth-order valence-corrected chi connectivity index (χ4v) is 3.32. The van der Waals surface area contributed by atoms with Crippen molar-refractivity contribution in [3.05, 3.63) is 0 Å². The fraction of sp³-hybridized carbons (Fsp3) is 1.00. The van der Waals surface area contributed by atoms with Crippen molar-refractivity contribution < 1.29 is 79.0 Å². The Morgan fingerprint density at radius 3 is 0.774 bits per heavy atom. The van der Waals surface area contributed by atoms with Gasteiger partial charge in [0.25, 0.3) is 11.1 Å². The van der Waals surface area contributed by atoms with Gasteiger partial charge >= 0.3 is 35.5 Å². The Balaban J connectivity index is 6.42. The lowest BCUT2D eigenvalue weighted by Crippen LogP contribution is -2.71. The van der Waals surface area contributed by atoms with Crippen LogP contribution in [0.3, 0.4) is 0 Å². The average molecular weight is 524 g/mol. The molecule has 0 aromatic heterocycles. The van der Waals surface area contributed by atoms with Gasteiger partial charge in [0, 0.05) is 0 Å². The van der Waals surface area contributed by atoms with Crippen LogP contribution in [-0.2, 0) is 0 Å². The topological polar surface area (TPSA) is 0 Å². The second-order valence-electron chi connectivity index (χ2n) is 6.36. The number of alkyl halides is 18. The van der Waals surface area contributed by atoms with Crippen LogP contribution < -0.4 is 0 Å². The first kappa shape index (κ1) is 30.0. The molecule has 0 bridgehead atoms. The van der Waals surface area contributed by atoms with E-state index in [1.807, 2.05) is 0 Å². The molecular weight excluding hydrogens is 514 g/mol. The summed E-state index contributed by atoms with van der Waals surface area (Å²) < 4.78 is 236. The van der Waals surface area contributed by atoms with Crippen LogP contribution in [0, 0.1) is 0 Å². The minimum atomic E-state index is -7.74. The second-order valence-corrected chi connectivity index (χ2v) is 8.49. The monoisotopic (exact) mass is 524 g/mol. The van der Waals surface area contributed by atoms with Crippen molar-refractivity contribution in [2.45, 2.75) is 72.8 Å². The van der Waals surface area contributed by atoms with Crippen LogP contribution >= 0.6 is 0 Å². The smallest absolute Gasteiger partial charge is 0.241 e. The van der Waals surface area contributed by atoms with Crippen molar-refractivity contribution in [2.75, 3.05) is 0 Å². The zero-order valence-electron chi connectivity index (χ0n) is 14.7. The zero-order valence-corrected chi connectivity index (χ0v) is 16.1. The number of hydrogen-bond acceptors (Lipinski definition) is 0. The Morgan fingerprint density at radius 2 is 0.613 bits per heavy atom. The molecule has 0 aromatic carbocycles. The van der Waals surface area contributed by atoms with E-state index in [2.05, 4.69) is 0 Å². The summed E-state index contributed by atoms with van der Waals surface area (Å²) in [7, 11) is -6.50. The third-order valence-corrected chi connectivity index (χ3v) is 5.76. The quantitative estimate of drug-likeness (QED) is 0.248. The molecule has 0 heterocycles. The SMILES string of the molecule is CC(F)C(F)(F)C(F)(F)C(F)(F)C(F)(F)[SiH2]C(F)(F)C(F)(F)C(F)(F)C(F)(F)C(C)F. The van der Waals surface area contributed by atoms with E-state index >= 15 is 0 Å². The molecule has 188 valence electrons. The van der Waals surface area contributed by atoms with E-state index in [1.165, 1.54) is 0 Å². The van der Waals surface area contributed by atoms with Crippen molar-refractivity contribution in [2.24, 2.45) is 0 Å². The molecule has 0 radical (unpaired) electrons. The summed E-state index contributed by atoms with van der Waals surface area (Å²) in [6.45, 7) is -1.10. The van der Waals surface area contributed by atoms with Crippen molar-refractivity contribution in [1.82, 2.24) is 0 Å². The molecule has 0 amide bonds. The van der Waals surface area contributed by atoms with Gasteiger partial charge < -0.3 is 0 Å². The van der Waals surface area contributed by atoms with Gasteiger partial charge in [-0.05, 0) is 13.8 Å². The number of hydrogen-bond donors (Lipinski definition) is 0. The summed E-state index contributed by atoms with van der Waals surface area (Å²) in [5.74, 6) is -43.9. The van der Waals surface area contributed by atoms with Crippen LogP contribution in [0.5, 0.6) is 0 Å². The summed E-state index contributed by atoms with van der Waals surface area (Å²) in [6.07, 6.45) is -8.66.